The minimum Gasteiger partial charge on any atom is -0.469 e. The number of nitrogens with zero attached hydrogens (tertiary/aromatic N) is 2. The maximum atomic E-state index is 13.6. The van der Waals surface area contributed by atoms with Crippen molar-refractivity contribution in [3.05, 3.63) is 99.1 Å². The topological polar surface area (TPSA) is 96.0 Å². The lowest BCUT2D eigenvalue weighted by Crippen LogP contribution is -2.48. The van der Waals surface area contributed by atoms with E-state index in [1.165, 1.54) is 11.4 Å². The number of carbonyl (C=O) groups is 2. The van der Waals surface area contributed by atoms with Gasteiger partial charge < -0.3 is 15.0 Å². The zero-order valence-electron chi connectivity index (χ0n) is 22.4. The third-order valence-electron chi connectivity index (χ3n) is 6.75. The van der Waals surface area contributed by atoms with E-state index in [0.29, 0.717) is 18.7 Å². The number of esters is 1. The number of rotatable bonds is 11. The van der Waals surface area contributed by atoms with Crippen LogP contribution in [0.25, 0.3) is 6.08 Å². The van der Waals surface area contributed by atoms with E-state index in [4.69, 9.17) is 4.74 Å². The quantitative estimate of drug-likeness (QED) is 0.240. The molecule has 0 saturated carbocycles. The van der Waals surface area contributed by atoms with E-state index in [9.17, 15) is 18.0 Å². The van der Waals surface area contributed by atoms with E-state index >= 15 is 0 Å². The molecule has 3 aromatic carbocycles. The largest absolute Gasteiger partial charge is 0.469 e. The molecule has 1 amide bonds. The number of hydrogen-bond donors (Lipinski definition) is 1. The van der Waals surface area contributed by atoms with Crippen LogP contribution < -0.4 is 14.5 Å². The van der Waals surface area contributed by atoms with Gasteiger partial charge in [0, 0.05) is 35.8 Å². The molecule has 0 radical (unpaired) electrons. The van der Waals surface area contributed by atoms with Crippen LogP contribution >= 0.6 is 22.6 Å². The van der Waals surface area contributed by atoms with Crippen LogP contribution in [0.15, 0.2) is 78.9 Å². The number of sulfonamides is 1. The number of ether oxygens (including phenoxy) is 1. The predicted molar refractivity (Wildman–Crippen MR) is 167 cm³/mol. The summed E-state index contributed by atoms with van der Waals surface area (Å²) in [5.74, 6) is -0.896. The molecule has 0 bridgehead atoms. The van der Waals surface area contributed by atoms with Crippen LogP contribution in [-0.2, 0) is 37.3 Å². The Labute approximate surface area is 249 Å². The minimum atomic E-state index is -3.84. The number of benzene rings is 3. The number of amides is 1. The molecule has 0 fully saturated rings. The van der Waals surface area contributed by atoms with Crippen molar-refractivity contribution in [3.8, 4) is 0 Å². The third-order valence-corrected chi connectivity index (χ3v) is 9.13. The molecule has 1 aliphatic heterocycles. The summed E-state index contributed by atoms with van der Waals surface area (Å²) in [5, 5.41) is 2.95. The second-order valence-electron chi connectivity index (χ2n) is 9.47. The highest BCUT2D eigenvalue weighted by molar-refractivity contribution is 14.1. The summed E-state index contributed by atoms with van der Waals surface area (Å²) in [4.78, 5) is 27.0. The van der Waals surface area contributed by atoms with Gasteiger partial charge in [0.15, 0.2) is 0 Å². The summed E-state index contributed by atoms with van der Waals surface area (Å²) in [6.45, 7) is 0.669. The molecule has 0 saturated heterocycles. The molecule has 1 aliphatic rings. The molecule has 1 N–H and O–H groups in total. The van der Waals surface area contributed by atoms with Gasteiger partial charge in [-0.15, -0.1) is 0 Å². The van der Waals surface area contributed by atoms with Crippen LogP contribution in [0.5, 0.6) is 0 Å². The lowest BCUT2D eigenvalue weighted by molar-refractivity contribution is -0.140. The van der Waals surface area contributed by atoms with Gasteiger partial charge in [-0.3, -0.25) is 13.9 Å². The number of para-hydroxylation sites is 2. The van der Waals surface area contributed by atoms with Crippen LogP contribution in [0.3, 0.4) is 0 Å². The Morgan fingerprint density at radius 1 is 1.07 bits per heavy atom. The summed E-state index contributed by atoms with van der Waals surface area (Å²) >= 11 is 2.22. The van der Waals surface area contributed by atoms with E-state index in [2.05, 4.69) is 27.9 Å². The highest BCUT2D eigenvalue weighted by Crippen LogP contribution is 2.35. The third kappa shape index (κ3) is 7.22. The SMILES string of the molecule is COC(=O)CCN(C)c1ccccc1CNC(=O)[C@@H]1Cc2ccccc2N1S(=O)(=O)CC=Cc1ccc(I)cc1. The van der Waals surface area contributed by atoms with Crippen molar-refractivity contribution in [3.63, 3.8) is 0 Å². The van der Waals surface area contributed by atoms with Gasteiger partial charge in [0.25, 0.3) is 0 Å². The van der Waals surface area contributed by atoms with E-state index in [-0.39, 0.29) is 30.6 Å². The van der Waals surface area contributed by atoms with Gasteiger partial charge in [0.05, 0.1) is 25.0 Å². The van der Waals surface area contributed by atoms with Gasteiger partial charge >= 0.3 is 5.97 Å². The van der Waals surface area contributed by atoms with E-state index in [1.54, 1.807) is 24.3 Å². The maximum absolute atomic E-state index is 13.6. The monoisotopic (exact) mass is 673 g/mol. The minimum absolute atomic E-state index is 0.213. The van der Waals surface area contributed by atoms with Gasteiger partial charge in [-0.1, -0.05) is 60.7 Å². The van der Waals surface area contributed by atoms with Crippen molar-refractivity contribution in [2.45, 2.75) is 25.4 Å². The first kappa shape index (κ1) is 29.6. The number of methoxy groups -OCH3 is 1. The lowest BCUT2D eigenvalue weighted by atomic mass is 10.1. The van der Waals surface area contributed by atoms with Crippen molar-refractivity contribution in [1.82, 2.24) is 5.32 Å². The highest BCUT2D eigenvalue weighted by Gasteiger charge is 2.40. The summed E-state index contributed by atoms with van der Waals surface area (Å²) in [6, 6.07) is 21.7. The van der Waals surface area contributed by atoms with Gasteiger partial charge in [-0.25, -0.2) is 8.42 Å². The van der Waals surface area contributed by atoms with Crippen LogP contribution in [-0.4, -0.2) is 52.8 Å². The standard InChI is InChI=1S/C30H32IN3O5S/c1-33(18-17-29(35)39-2)26-11-5-4-10-24(26)21-32-30(36)28-20-23-9-3-6-12-27(23)34(28)40(37,38)19-7-8-22-13-15-25(31)16-14-22/h3-16,28H,17-21H2,1-2H3,(H,32,36)/t28-/m0/s1. The molecule has 1 heterocycles. The Bertz CT molecular complexity index is 1490. The summed E-state index contributed by atoms with van der Waals surface area (Å²) in [7, 11) is -0.608. The van der Waals surface area contributed by atoms with Crippen LogP contribution in [0.4, 0.5) is 11.4 Å². The lowest BCUT2D eigenvalue weighted by Gasteiger charge is -2.26. The highest BCUT2D eigenvalue weighted by atomic mass is 127. The Morgan fingerprint density at radius 3 is 2.52 bits per heavy atom. The predicted octanol–water partition coefficient (Wildman–Crippen LogP) is 4.38. The molecular formula is C30H32IN3O5S. The smallest absolute Gasteiger partial charge is 0.307 e. The summed E-state index contributed by atoms with van der Waals surface area (Å²) in [6.07, 6.45) is 3.92. The average molecular weight is 674 g/mol. The Balaban J connectivity index is 1.49. The molecule has 8 nitrogen and oxygen atoms in total. The molecule has 10 heteroatoms. The normalized spacial score (nSPS) is 14.7. The van der Waals surface area contributed by atoms with Crippen molar-refractivity contribution in [2.24, 2.45) is 0 Å². The Kier molecular flexibility index (Phi) is 9.85. The average Bonchev–Trinajstić information content (AvgIpc) is 3.36. The fraction of sp³-hybridized carbons (Fsp3) is 0.267. The number of nitrogens with one attached hydrogen (secondary N) is 1. The van der Waals surface area contributed by atoms with E-state index in [1.807, 2.05) is 72.6 Å². The molecule has 0 aliphatic carbocycles. The molecular weight excluding hydrogens is 641 g/mol. The van der Waals surface area contributed by atoms with Gasteiger partial charge in [0.2, 0.25) is 15.9 Å². The molecule has 210 valence electrons. The van der Waals surface area contributed by atoms with E-state index in [0.717, 1.165) is 25.9 Å². The zero-order chi connectivity index (χ0) is 28.7. The number of halogens is 1. The molecule has 0 aromatic heterocycles. The summed E-state index contributed by atoms with van der Waals surface area (Å²) < 4.78 is 34.2. The number of hydrogen-bond acceptors (Lipinski definition) is 6. The molecule has 3 aromatic rings. The second kappa shape index (κ2) is 13.3. The van der Waals surface area contributed by atoms with Crippen molar-refractivity contribution in [2.75, 3.05) is 35.7 Å². The van der Waals surface area contributed by atoms with Crippen molar-refractivity contribution < 1.29 is 22.7 Å². The maximum Gasteiger partial charge on any atom is 0.307 e. The Hall–Kier alpha value is -3.38. The second-order valence-corrected chi connectivity index (χ2v) is 12.6. The zero-order valence-corrected chi connectivity index (χ0v) is 25.4. The molecule has 1 atom stereocenters. The molecule has 4 rings (SSSR count). The van der Waals surface area contributed by atoms with Crippen molar-refractivity contribution in [1.29, 1.82) is 0 Å². The van der Waals surface area contributed by atoms with E-state index < -0.39 is 16.1 Å². The fourth-order valence-electron chi connectivity index (χ4n) is 4.67. The molecule has 0 spiro atoms. The first-order valence-corrected chi connectivity index (χ1v) is 15.5. The summed E-state index contributed by atoms with van der Waals surface area (Å²) in [5.41, 5.74) is 3.98. The van der Waals surface area contributed by atoms with Crippen LogP contribution in [0, 0.1) is 3.57 Å². The van der Waals surface area contributed by atoms with Crippen LogP contribution in [0.2, 0.25) is 0 Å². The first-order valence-electron chi connectivity index (χ1n) is 12.9. The fourth-order valence-corrected chi connectivity index (χ4v) is 6.57. The van der Waals surface area contributed by atoms with Gasteiger partial charge in [-0.05, 0) is 63.5 Å². The first-order chi connectivity index (χ1) is 19.2. The van der Waals surface area contributed by atoms with Crippen LogP contribution in [0.1, 0.15) is 23.1 Å². The Morgan fingerprint density at radius 2 is 1.77 bits per heavy atom. The van der Waals surface area contributed by atoms with Gasteiger partial charge in [-0.2, -0.15) is 0 Å². The van der Waals surface area contributed by atoms with Crippen molar-refractivity contribution >= 4 is 61.9 Å². The number of carbonyl (C=O) groups excluding carboxylic acids is 2. The number of fused-ring (bicyclic) bond motifs is 1. The molecule has 0 unspecified atom stereocenters. The van der Waals surface area contributed by atoms with Gasteiger partial charge in [0.1, 0.15) is 6.04 Å². The molecule has 40 heavy (non-hydrogen) atoms. The number of anilines is 2.